The van der Waals surface area contributed by atoms with Gasteiger partial charge in [0.05, 0.1) is 4.16 Å². The molecule has 6 unspecified atom stereocenters. The van der Waals surface area contributed by atoms with Crippen molar-refractivity contribution in [3.05, 3.63) is 133 Å². The lowest BCUT2D eigenvalue weighted by Gasteiger charge is -2.25. The Labute approximate surface area is 241 Å². The van der Waals surface area contributed by atoms with Gasteiger partial charge in [0.15, 0.2) is 0 Å². The van der Waals surface area contributed by atoms with Gasteiger partial charge >= 0.3 is 0 Å². The fraction of sp³-hybridized carbons (Fsp3) is 0.188. The van der Waals surface area contributed by atoms with Crippen molar-refractivity contribution in [2.24, 2.45) is 0 Å². The number of thioether (sulfide) groups is 3. The van der Waals surface area contributed by atoms with E-state index < -0.39 is 0 Å². The first-order chi connectivity index (χ1) is 18.2. The second-order valence-corrected chi connectivity index (χ2v) is 14.8. The fourth-order valence-electron chi connectivity index (χ4n) is 4.82. The lowest BCUT2D eigenvalue weighted by Crippen LogP contribution is -2.17. The molecule has 6 atom stereocenters. The molecule has 186 valence electrons. The number of alkyl halides is 1. The maximum absolute atomic E-state index is 3.70. The van der Waals surface area contributed by atoms with E-state index >= 15 is 0 Å². The van der Waals surface area contributed by atoms with Gasteiger partial charge < -0.3 is 4.90 Å². The minimum absolute atomic E-state index is 0.426. The van der Waals surface area contributed by atoms with Gasteiger partial charge in [-0.25, -0.2) is 0 Å². The smallest absolute Gasteiger partial charge is 0.0786 e. The van der Waals surface area contributed by atoms with E-state index in [0.717, 1.165) is 17.1 Å². The third kappa shape index (κ3) is 6.01. The van der Waals surface area contributed by atoms with Crippen LogP contribution in [0, 0.1) is 0 Å². The number of benzene rings is 3. The van der Waals surface area contributed by atoms with E-state index in [1.807, 2.05) is 11.8 Å². The summed E-state index contributed by atoms with van der Waals surface area (Å²) in [5.74, 6) is 0. The molecule has 3 aromatic rings. The van der Waals surface area contributed by atoms with Crippen LogP contribution in [0.2, 0.25) is 0 Å². The molecular formula is C32H28BrNS3. The molecule has 0 saturated carbocycles. The van der Waals surface area contributed by atoms with Gasteiger partial charge in [0.25, 0.3) is 0 Å². The van der Waals surface area contributed by atoms with Crippen molar-refractivity contribution in [2.75, 3.05) is 4.90 Å². The first-order valence-corrected chi connectivity index (χ1v) is 16.3. The van der Waals surface area contributed by atoms with Crippen molar-refractivity contribution < 1.29 is 0 Å². The Kier molecular flexibility index (Phi) is 8.03. The van der Waals surface area contributed by atoms with Crippen LogP contribution in [0.3, 0.4) is 0 Å². The molecule has 0 spiro atoms. The van der Waals surface area contributed by atoms with Gasteiger partial charge in [-0.3, -0.25) is 0 Å². The van der Waals surface area contributed by atoms with Crippen molar-refractivity contribution in [3.63, 3.8) is 0 Å². The van der Waals surface area contributed by atoms with Crippen LogP contribution in [-0.2, 0) is 0 Å². The number of rotatable bonds is 7. The summed E-state index contributed by atoms with van der Waals surface area (Å²) in [5.41, 5.74) is 4.70. The highest BCUT2D eigenvalue weighted by molar-refractivity contribution is 9.11. The first-order valence-electron chi connectivity index (χ1n) is 12.6. The minimum atomic E-state index is 0.426. The first kappa shape index (κ1) is 25.2. The summed E-state index contributed by atoms with van der Waals surface area (Å²) in [7, 11) is 0. The van der Waals surface area contributed by atoms with E-state index in [1.165, 1.54) is 5.56 Å². The molecule has 0 aliphatic carbocycles. The monoisotopic (exact) mass is 601 g/mol. The van der Waals surface area contributed by atoms with Gasteiger partial charge in [0, 0.05) is 43.3 Å². The third-order valence-electron chi connectivity index (χ3n) is 6.65. The number of anilines is 3. The second kappa shape index (κ2) is 11.8. The predicted molar refractivity (Wildman–Crippen MR) is 172 cm³/mol. The molecule has 0 amide bonds. The van der Waals surface area contributed by atoms with Crippen LogP contribution >= 0.6 is 51.2 Å². The number of halogens is 1. The van der Waals surface area contributed by atoms with E-state index in [4.69, 9.17) is 0 Å². The average Bonchev–Trinajstić information content (AvgIpc) is 3.71. The quantitative estimate of drug-likeness (QED) is 0.196. The molecule has 0 radical (unpaired) electrons. The highest BCUT2D eigenvalue weighted by Crippen LogP contribution is 2.46. The zero-order valence-electron chi connectivity index (χ0n) is 20.2. The summed E-state index contributed by atoms with van der Waals surface area (Å²) in [5, 5.41) is 2.71. The average molecular weight is 603 g/mol. The Hall–Kier alpha value is -2.05. The van der Waals surface area contributed by atoms with Crippen molar-refractivity contribution in [1.82, 2.24) is 0 Å². The molecule has 5 heteroatoms. The van der Waals surface area contributed by atoms with Crippen LogP contribution in [0.4, 0.5) is 17.1 Å². The number of hydrogen-bond acceptors (Lipinski definition) is 4. The fourth-order valence-corrected chi connectivity index (χ4v) is 9.78. The summed E-state index contributed by atoms with van der Waals surface area (Å²) in [6.45, 7) is 0. The van der Waals surface area contributed by atoms with Gasteiger partial charge in [0.1, 0.15) is 0 Å². The maximum atomic E-state index is 3.70. The predicted octanol–water partition coefficient (Wildman–Crippen LogP) is 9.64. The van der Waals surface area contributed by atoms with Crippen molar-refractivity contribution in [1.29, 1.82) is 0 Å². The minimum Gasteiger partial charge on any atom is -0.311 e. The topological polar surface area (TPSA) is 3.24 Å². The molecule has 3 heterocycles. The molecule has 3 aliphatic heterocycles. The normalized spacial score (nSPS) is 28.5. The van der Waals surface area contributed by atoms with Gasteiger partial charge in [0.2, 0.25) is 0 Å². The lowest BCUT2D eigenvalue weighted by atomic mass is 10.1. The Balaban J connectivity index is 1.08. The summed E-state index contributed by atoms with van der Waals surface area (Å²) < 4.78 is 0.467. The van der Waals surface area contributed by atoms with Gasteiger partial charge in [-0.15, -0.1) is 35.3 Å². The van der Waals surface area contributed by atoms with E-state index in [1.54, 1.807) is 0 Å². The summed E-state index contributed by atoms with van der Waals surface area (Å²) in [6, 6.07) is 30.0. The highest BCUT2D eigenvalue weighted by atomic mass is 79.9. The zero-order valence-corrected chi connectivity index (χ0v) is 24.3. The maximum Gasteiger partial charge on any atom is 0.0786 e. The molecule has 0 N–H and O–H groups in total. The summed E-state index contributed by atoms with van der Waals surface area (Å²) >= 11 is 9.89. The number of nitrogens with zero attached hydrogens (tertiary/aromatic N) is 1. The molecule has 1 nitrogen and oxygen atoms in total. The molecule has 6 rings (SSSR count). The SMILES string of the molecule is BrC1C=CC(C2C=CC(C3C=CC(C=Cc4ccc(N(c5ccccc5)c5ccccc5)cc4)S3)S2)S1. The third-order valence-corrected chi connectivity index (χ3v) is 12.1. The summed E-state index contributed by atoms with van der Waals surface area (Å²) in [6.07, 6.45) is 18.9. The Morgan fingerprint density at radius 3 is 1.65 bits per heavy atom. The summed E-state index contributed by atoms with van der Waals surface area (Å²) in [4.78, 5) is 2.30. The van der Waals surface area contributed by atoms with Crippen LogP contribution in [-0.4, -0.2) is 30.4 Å². The molecular weight excluding hydrogens is 574 g/mol. The Bertz CT molecular complexity index is 1260. The number of hydrogen-bond donors (Lipinski definition) is 0. The van der Waals surface area contributed by atoms with Crippen LogP contribution in [0.1, 0.15) is 5.56 Å². The molecule has 0 saturated heterocycles. The molecule has 37 heavy (non-hydrogen) atoms. The van der Waals surface area contributed by atoms with Crippen molar-refractivity contribution >= 4 is 74.4 Å². The number of para-hydroxylation sites is 2. The molecule has 0 bridgehead atoms. The standard InChI is InChI=1S/C32H28BrNS3/c33-32-22-21-31(37-32)30-20-19-29(36-30)28-18-17-27(35-28)16-13-23-11-14-26(15-12-23)34(24-7-3-1-4-8-24)25-9-5-2-6-10-25/h1-22,27-32H. The van der Waals surface area contributed by atoms with E-state index in [9.17, 15) is 0 Å². The molecule has 0 fully saturated rings. The Morgan fingerprint density at radius 2 is 1.05 bits per heavy atom. The van der Waals surface area contributed by atoms with Crippen LogP contribution in [0.15, 0.2) is 127 Å². The van der Waals surface area contributed by atoms with Gasteiger partial charge in [-0.05, 0) is 42.0 Å². The second-order valence-electron chi connectivity index (χ2n) is 9.19. The molecule has 3 aliphatic rings. The van der Waals surface area contributed by atoms with Crippen LogP contribution < -0.4 is 4.90 Å². The molecule has 3 aromatic carbocycles. The van der Waals surface area contributed by atoms with Gasteiger partial charge in [-0.1, -0.05) is 113 Å². The van der Waals surface area contributed by atoms with E-state index in [-0.39, 0.29) is 0 Å². The molecule has 0 aromatic heterocycles. The van der Waals surface area contributed by atoms with E-state index in [2.05, 4.69) is 178 Å². The lowest BCUT2D eigenvalue weighted by molar-refractivity contribution is 1.11. The van der Waals surface area contributed by atoms with Gasteiger partial charge in [-0.2, -0.15) is 0 Å². The van der Waals surface area contributed by atoms with Crippen molar-refractivity contribution in [2.45, 2.75) is 30.4 Å². The zero-order chi connectivity index (χ0) is 25.0. The van der Waals surface area contributed by atoms with Crippen LogP contribution in [0.5, 0.6) is 0 Å². The largest absolute Gasteiger partial charge is 0.311 e. The highest BCUT2D eigenvalue weighted by Gasteiger charge is 2.34. The Morgan fingerprint density at radius 1 is 0.541 bits per heavy atom. The van der Waals surface area contributed by atoms with Crippen LogP contribution in [0.25, 0.3) is 6.08 Å². The van der Waals surface area contributed by atoms with Crippen molar-refractivity contribution in [3.8, 4) is 0 Å². The van der Waals surface area contributed by atoms with E-state index in [0.29, 0.717) is 30.4 Å².